The van der Waals surface area contributed by atoms with Gasteiger partial charge in [-0.2, -0.15) is 0 Å². The van der Waals surface area contributed by atoms with Gasteiger partial charge in [0.05, 0.1) is 6.61 Å². The number of aliphatic hydroxyl groups is 1. The van der Waals surface area contributed by atoms with Crippen molar-refractivity contribution in [3.05, 3.63) is 6.61 Å². The predicted molar refractivity (Wildman–Crippen MR) is 33.7 cm³/mol. The third-order valence-corrected chi connectivity index (χ3v) is 1.47. The maximum Gasteiger partial charge on any atom is 0.0967 e. The zero-order valence-electron chi connectivity index (χ0n) is 5.46. The van der Waals surface area contributed by atoms with Gasteiger partial charge < -0.3 is 10.8 Å². The molecular weight excluding hydrogens is 102 g/mol. The highest BCUT2D eigenvalue weighted by molar-refractivity contribution is 4.73. The third kappa shape index (κ3) is 2.28. The first-order chi connectivity index (χ1) is 3.72. The number of nitrogens with two attached hydrogens (primary N) is 1. The van der Waals surface area contributed by atoms with Crippen LogP contribution in [0.1, 0.15) is 20.3 Å². The summed E-state index contributed by atoms with van der Waals surface area (Å²) in [6.07, 6.45) is 1.01. The molecule has 0 heterocycles. The Labute approximate surface area is 50.7 Å². The summed E-state index contributed by atoms with van der Waals surface area (Å²) in [6, 6.07) is -0.153. The highest BCUT2D eigenvalue weighted by atomic mass is 16.3. The molecule has 3 N–H and O–H groups in total. The van der Waals surface area contributed by atoms with E-state index in [1.165, 1.54) is 0 Å². The molecular formula is C6H14NO. The van der Waals surface area contributed by atoms with Crippen LogP contribution in [0.4, 0.5) is 0 Å². The third-order valence-electron chi connectivity index (χ3n) is 1.47. The van der Waals surface area contributed by atoms with Crippen molar-refractivity contribution in [1.29, 1.82) is 0 Å². The second-order valence-electron chi connectivity index (χ2n) is 2.11. The summed E-state index contributed by atoms with van der Waals surface area (Å²) in [7, 11) is 0. The molecule has 1 radical (unpaired) electrons. The Kier molecular flexibility index (Phi) is 3.83. The van der Waals surface area contributed by atoms with E-state index in [0.29, 0.717) is 5.92 Å². The smallest absolute Gasteiger partial charge is 0.0967 e. The van der Waals surface area contributed by atoms with Gasteiger partial charge in [-0.1, -0.05) is 20.3 Å². The topological polar surface area (TPSA) is 46.2 Å². The first-order valence-corrected chi connectivity index (χ1v) is 2.95. The van der Waals surface area contributed by atoms with E-state index in [4.69, 9.17) is 10.8 Å². The highest BCUT2D eigenvalue weighted by Crippen LogP contribution is 2.05. The van der Waals surface area contributed by atoms with Gasteiger partial charge in [0, 0.05) is 6.04 Å². The monoisotopic (exact) mass is 116 g/mol. The summed E-state index contributed by atoms with van der Waals surface area (Å²) in [5.74, 6) is 0.389. The Morgan fingerprint density at radius 3 is 2.38 bits per heavy atom. The van der Waals surface area contributed by atoms with Crippen molar-refractivity contribution in [3.63, 3.8) is 0 Å². The second kappa shape index (κ2) is 3.87. The molecule has 0 aromatic heterocycles. The molecule has 0 aliphatic heterocycles. The average Bonchev–Trinajstić information content (AvgIpc) is 1.84. The van der Waals surface area contributed by atoms with Gasteiger partial charge in [0.25, 0.3) is 0 Å². The molecule has 0 aromatic rings. The van der Waals surface area contributed by atoms with E-state index in [2.05, 4.69) is 0 Å². The maximum absolute atomic E-state index is 8.39. The molecule has 0 bridgehead atoms. The van der Waals surface area contributed by atoms with Gasteiger partial charge in [-0.15, -0.1) is 0 Å². The summed E-state index contributed by atoms with van der Waals surface area (Å²) in [5, 5.41) is 8.39. The van der Waals surface area contributed by atoms with Crippen LogP contribution < -0.4 is 5.73 Å². The summed E-state index contributed by atoms with van der Waals surface area (Å²) in [6.45, 7) is 5.11. The number of hydrogen-bond donors (Lipinski definition) is 2. The molecule has 0 unspecified atom stereocenters. The van der Waals surface area contributed by atoms with Gasteiger partial charge >= 0.3 is 0 Å². The molecule has 2 atom stereocenters. The molecule has 2 nitrogen and oxygen atoms in total. The van der Waals surface area contributed by atoms with Gasteiger partial charge in [0.15, 0.2) is 0 Å². The van der Waals surface area contributed by atoms with Crippen LogP contribution in [0.3, 0.4) is 0 Å². The molecule has 2 heteroatoms. The highest BCUT2D eigenvalue weighted by Gasteiger charge is 2.07. The Bertz CT molecular complexity index is 48.5. The largest absolute Gasteiger partial charge is 0.389 e. The number of aliphatic hydroxyl groups excluding tert-OH is 1. The first kappa shape index (κ1) is 7.92. The van der Waals surface area contributed by atoms with Crippen LogP contribution >= 0.6 is 0 Å². The number of rotatable bonds is 3. The lowest BCUT2D eigenvalue weighted by atomic mass is 10.0. The summed E-state index contributed by atoms with van der Waals surface area (Å²) in [5.41, 5.74) is 5.42. The van der Waals surface area contributed by atoms with E-state index < -0.39 is 0 Å². The lowest BCUT2D eigenvalue weighted by molar-refractivity contribution is 0.308. The lowest BCUT2D eigenvalue weighted by Crippen LogP contribution is -2.27. The van der Waals surface area contributed by atoms with Gasteiger partial charge in [0.2, 0.25) is 0 Å². The molecule has 0 spiro atoms. The summed E-state index contributed by atoms with van der Waals surface area (Å²) >= 11 is 0. The Morgan fingerprint density at radius 1 is 1.75 bits per heavy atom. The minimum absolute atomic E-state index is 0.153. The van der Waals surface area contributed by atoms with Crippen LogP contribution in [0.25, 0.3) is 0 Å². The van der Waals surface area contributed by atoms with E-state index in [1.807, 2.05) is 13.8 Å². The van der Waals surface area contributed by atoms with Crippen molar-refractivity contribution in [3.8, 4) is 0 Å². The van der Waals surface area contributed by atoms with Crippen LogP contribution in [0, 0.1) is 12.5 Å². The van der Waals surface area contributed by atoms with Gasteiger partial charge in [-0.3, -0.25) is 0 Å². The van der Waals surface area contributed by atoms with Crippen molar-refractivity contribution in [2.75, 3.05) is 0 Å². The molecule has 0 saturated heterocycles. The van der Waals surface area contributed by atoms with E-state index >= 15 is 0 Å². The van der Waals surface area contributed by atoms with E-state index in [-0.39, 0.29) is 6.04 Å². The fourth-order valence-electron chi connectivity index (χ4n) is 0.419. The minimum atomic E-state index is -0.153. The van der Waals surface area contributed by atoms with Crippen LogP contribution in [-0.4, -0.2) is 11.1 Å². The van der Waals surface area contributed by atoms with E-state index in [1.54, 1.807) is 0 Å². The molecule has 0 aliphatic rings. The standard InChI is InChI=1S/C6H14NO/c1-3-5(2)6(7)4-8/h4-6,8H,3,7H2,1-2H3/t5-,6+/m1/s1. The fraction of sp³-hybridized carbons (Fsp3) is 0.833. The molecule has 0 fully saturated rings. The normalized spacial score (nSPS) is 18.0. The SMILES string of the molecule is CC[C@@H](C)[C@@H](N)[CH]O. The molecule has 49 valence electrons. The Morgan fingerprint density at radius 2 is 2.25 bits per heavy atom. The lowest BCUT2D eigenvalue weighted by Gasteiger charge is -2.13. The maximum atomic E-state index is 8.39. The molecule has 0 aromatic carbocycles. The van der Waals surface area contributed by atoms with Crippen molar-refractivity contribution in [1.82, 2.24) is 0 Å². The van der Waals surface area contributed by atoms with Crippen LogP contribution in [0.15, 0.2) is 0 Å². The Balaban J connectivity index is 3.29. The van der Waals surface area contributed by atoms with Crippen LogP contribution in [0.2, 0.25) is 0 Å². The zero-order valence-corrected chi connectivity index (χ0v) is 5.46. The quantitative estimate of drug-likeness (QED) is 0.575. The van der Waals surface area contributed by atoms with Gasteiger partial charge in [0.1, 0.15) is 0 Å². The van der Waals surface area contributed by atoms with Crippen molar-refractivity contribution in [2.45, 2.75) is 26.3 Å². The van der Waals surface area contributed by atoms with Crippen molar-refractivity contribution < 1.29 is 5.11 Å². The average molecular weight is 116 g/mol. The van der Waals surface area contributed by atoms with Crippen molar-refractivity contribution >= 4 is 0 Å². The van der Waals surface area contributed by atoms with E-state index in [0.717, 1.165) is 13.0 Å². The van der Waals surface area contributed by atoms with Crippen LogP contribution in [0.5, 0.6) is 0 Å². The first-order valence-electron chi connectivity index (χ1n) is 2.95. The zero-order chi connectivity index (χ0) is 6.57. The van der Waals surface area contributed by atoms with Gasteiger partial charge in [-0.25, -0.2) is 0 Å². The molecule has 0 saturated carbocycles. The molecule has 0 rings (SSSR count). The van der Waals surface area contributed by atoms with E-state index in [9.17, 15) is 0 Å². The predicted octanol–water partition coefficient (Wildman–Crippen LogP) is 0.894. The molecule has 0 amide bonds. The minimum Gasteiger partial charge on any atom is -0.389 e. The Hall–Kier alpha value is -0.0800. The fourth-order valence-corrected chi connectivity index (χ4v) is 0.419. The molecule has 8 heavy (non-hydrogen) atoms. The van der Waals surface area contributed by atoms with Crippen LogP contribution in [-0.2, 0) is 0 Å². The summed E-state index contributed by atoms with van der Waals surface area (Å²) in [4.78, 5) is 0. The molecule has 0 aliphatic carbocycles. The van der Waals surface area contributed by atoms with Crippen molar-refractivity contribution in [2.24, 2.45) is 11.7 Å². The number of hydrogen-bond acceptors (Lipinski definition) is 2. The second-order valence-corrected chi connectivity index (χ2v) is 2.11. The summed E-state index contributed by atoms with van der Waals surface area (Å²) < 4.78 is 0. The van der Waals surface area contributed by atoms with Gasteiger partial charge in [-0.05, 0) is 5.92 Å².